The van der Waals surface area contributed by atoms with Crippen molar-refractivity contribution in [1.29, 1.82) is 0 Å². The minimum absolute atomic E-state index is 0.972. The van der Waals surface area contributed by atoms with Gasteiger partial charge in [-0.05, 0) is 19.8 Å². The van der Waals surface area contributed by atoms with Crippen LogP contribution in [0.4, 0.5) is 0 Å². The predicted molar refractivity (Wildman–Crippen MR) is 60.2 cm³/mol. The number of quaternary nitrogens is 1. The van der Waals surface area contributed by atoms with Gasteiger partial charge in [-0.15, -0.1) is 0 Å². The molecule has 0 amide bonds. The van der Waals surface area contributed by atoms with Gasteiger partial charge in [0.15, 0.2) is 0 Å². The molecule has 0 unspecified atom stereocenters. The molecule has 1 saturated heterocycles. The van der Waals surface area contributed by atoms with Crippen LogP contribution in [0.2, 0.25) is 0 Å². The molecular weight excluding hydrogens is 190 g/mol. The first-order valence-electron chi connectivity index (χ1n) is 6.09. The maximum atomic E-state index is 8.89. The lowest BCUT2D eigenvalue weighted by Gasteiger charge is -2.33. The highest BCUT2D eigenvalue weighted by Gasteiger charge is 2.29. The number of hydrogen-bond donors (Lipinski definition) is 0. The summed E-state index contributed by atoms with van der Waals surface area (Å²) in [6.45, 7) is 11.4. The Hall–Kier alpha value is -0.570. The molecule has 3 nitrogen and oxygen atoms in total. The van der Waals surface area contributed by atoms with Crippen molar-refractivity contribution in [2.24, 2.45) is 0 Å². The van der Waals surface area contributed by atoms with Crippen molar-refractivity contribution in [2.75, 3.05) is 26.2 Å². The highest BCUT2D eigenvalue weighted by atomic mass is 16.4. The van der Waals surface area contributed by atoms with Crippen molar-refractivity contribution in [3.8, 4) is 0 Å². The van der Waals surface area contributed by atoms with E-state index in [-0.39, 0.29) is 0 Å². The van der Waals surface area contributed by atoms with Gasteiger partial charge in [0.1, 0.15) is 0 Å². The lowest BCUT2D eigenvalue weighted by molar-refractivity contribution is -0.916. The molecule has 0 bridgehead atoms. The van der Waals surface area contributed by atoms with Crippen LogP contribution in [0.5, 0.6) is 0 Å². The van der Waals surface area contributed by atoms with E-state index in [2.05, 4.69) is 13.8 Å². The first kappa shape index (κ1) is 14.4. The average molecular weight is 215 g/mol. The molecule has 1 fully saturated rings. The summed E-state index contributed by atoms with van der Waals surface area (Å²) in [5.41, 5.74) is 0. The van der Waals surface area contributed by atoms with E-state index in [9.17, 15) is 0 Å². The molecule has 0 saturated carbocycles. The second-order valence-corrected chi connectivity index (χ2v) is 4.43. The number of rotatable bonds is 4. The summed E-state index contributed by atoms with van der Waals surface area (Å²) >= 11 is 0. The van der Waals surface area contributed by atoms with E-state index in [1.807, 2.05) is 0 Å². The molecule has 0 radical (unpaired) electrons. The van der Waals surface area contributed by atoms with Gasteiger partial charge in [0, 0.05) is 18.8 Å². The number of nitrogens with zero attached hydrogens (tertiary/aromatic N) is 1. The Bertz CT molecular complexity index is 162. The van der Waals surface area contributed by atoms with E-state index in [0.717, 1.165) is 6.92 Å². The third kappa shape index (κ3) is 6.50. The summed E-state index contributed by atoms with van der Waals surface area (Å²) in [4.78, 5) is 8.89. The van der Waals surface area contributed by atoms with Crippen molar-refractivity contribution >= 4 is 5.97 Å². The summed E-state index contributed by atoms with van der Waals surface area (Å²) < 4.78 is 1.44. The molecule has 1 rings (SSSR count). The zero-order valence-corrected chi connectivity index (χ0v) is 10.4. The number of carbonyl (C=O) groups excluding carboxylic acids is 1. The van der Waals surface area contributed by atoms with Crippen molar-refractivity contribution in [2.45, 2.75) is 46.5 Å². The standard InChI is InChI=1S/C10H22N.C2H4O2/c1-3-7-11(8-4-2)9-5-6-10-11;1-2(3)4/h3-10H2,1-2H3;1H3,(H,3,4)/q+1;/p-1. The summed E-state index contributed by atoms with van der Waals surface area (Å²) in [5, 5.41) is 8.89. The molecule has 90 valence electrons. The maximum Gasteiger partial charge on any atom is 0.0788 e. The van der Waals surface area contributed by atoms with Gasteiger partial charge in [-0.25, -0.2) is 0 Å². The number of carboxylic acids is 1. The summed E-state index contributed by atoms with van der Waals surface area (Å²) in [6, 6.07) is 0. The van der Waals surface area contributed by atoms with Gasteiger partial charge in [-0.1, -0.05) is 13.8 Å². The monoisotopic (exact) mass is 215 g/mol. The van der Waals surface area contributed by atoms with E-state index in [4.69, 9.17) is 9.90 Å². The Morgan fingerprint density at radius 2 is 1.47 bits per heavy atom. The van der Waals surface area contributed by atoms with Crippen LogP contribution in [0.1, 0.15) is 46.5 Å². The van der Waals surface area contributed by atoms with E-state index in [1.54, 1.807) is 0 Å². The second kappa shape index (κ2) is 7.69. The van der Waals surface area contributed by atoms with Crippen LogP contribution in [-0.4, -0.2) is 36.6 Å². The van der Waals surface area contributed by atoms with Gasteiger partial charge in [0.05, 0.1) is 26.2 Å². The lowest BCUT2D eigenvalue weighted by Crippen LogP contribution is -2.46. The number of likely N-dealkylation sites (tertiary alicyclic amines) is 1. The Morgan fingerprint density at radius 1 is 1.13 bits per heavy atom. The Balaban J connectivity index is 0.000000423. The molecule has 1 aliphatic rings. The topological polar surface area (TPSA) is 40.1 Å². The third-order valence-corrected chi connectivity index (χ3v) is 2.91. The van der Waals surface area contributed by atoms with Crippen molar-refractivity contribution < 1.29 is 14.4 Å². The maximum absolute atomic E-state index is 8.89. The minimum Gasteiger partial charge on any atom is -0.550 e. The molecule has 3 heteroatoms. The van der Waals surface area contributed by atoms with Gasteiger partial charge in [0.2, 0.25) is 0 Å². The normalized spacial score (nSPS) is 18.1. The van der Waals surface area contributed by atoms with Crippen LogP contribution >= 0.6 is 0 Å². The summed E-state index contributed by atoms with van der Waals surface area (Å²) in [5.74, 6) is -1.08. The fraction of sp³-hybridized carbons (Fsp3) is 0.917. The van der Waals surface area contributed by atoms with Gasteiger partial charge in [-0.2, -0.15) is 0 Å². The van der Waals surface area contributed by atoms with Gasteiger partial charge >= 0.3 is 0 Å². The second-order valence-electron chi connectivity index (χ2n) is 4.43. The molecule has 0 atom stereocenters. The third-order valence-electron chi connectivity index (χ3n) is 2.91. The van der Waals surface area contributed by atoms with Crippen LogP contribution < -0.4 is 5.11 Å². The highest BCUT2D eigenvalue weighted by Crippen LogP contribution is 2.20. The lowest BCUT2D eigenvalue weighted by atomic mass is 10.3. The SMILES string of the molecule is CC(=O)[O-].CCC[N+]1(CCC)CCCC1. The van der Waals surface area contributed by atoms with Crippen LogP contribution in [0.25, 0.3) is 0 Å². The quantitative estimate of drug-likeness (QED) is 0.661. The molecule has 1 heterocycles. The van der Waals surface area contributed by atoms with E-state index < -0.39 is 5.97 Å². The number of aliphatic carboxylic acids is 1. The first-order chi connectivity index (χ1) is 7.06. The van der Waals surface area contributed by atoms with Crippen LogP contribution in [-0.2, 0) is 4.79 Å². The predicted octanol–water partition coefficient (Wildman–Crippen LogP) is 1.17. The number of hydrogen-bond acceptors (Lipinski definition) is 2. The smallest absolute Gasteiger partial charge is 0.0788 e. The van der Waals surface area contributed by atoms with E-state index in [0.29, 0.717) is 0 Å². The Morgan fingerprint density at radius 3 is 1.73 bits per heavy atom. The van der Waals surface area contributed by atoms with Crippen molar-refractivity contribution in [3.05, 3.63) is 0 Å². The molecule has 1 aliphatic heterocycles. The molecule has 0 spiro atoms. The van der Waals surface area contributed by atoms with Crippen LogP contribution in [0.3, 0.4) is 0 Å². The molecule has 0 N–H and O–H groups in total. The highest BCUT2D eigenvalue weighted by molar-refractivity contribution is 5.60. The minimum atomic E-state index is -1.08. The summed E-state index contributed by atoms with van der Waals surface area (Å²) in [7, 11) is 0. The van der Waals surface area contributed by atoms with Crippen molar-refractivity contribution in [3.63, 3.8) is 0 Å². The van der Waals surface area contributed by atoms with Crippen LogP contribution in [0, 0.1) is 0 Å². The Kier molecular flexibility index (Phi) is 7.39. The Labute approximate surface area is 93.7 Å². The zero-order valence-electron chi connectivity index (χ0n) is 10.4. The number of carbonyl (C=O) groups is 1. The fourth-order valence-corrected chi connectivity index (χ4v) is 2.51. The molecular formula is C12H25NO2. The number of carboxylic acid groups (broad SMARTS) is 1. The first-order valence-corrected chi connectivity index (χ1v) is 6.09. The molecule has 0 aromatic carbocycles. The average Bonchev–Trinajstić information content (AvgIpc) is 2.53. The molecule has 15 heavy (non-hydrogen) atoms. The van der Waals surface area contributed by atoms with Gasteiger partial charge in [-0.3, -0.25) is 0 Å². The molecule has 0 aromatic rings. The molecule has 0 aromatic heterocycles. The zero-order chi connectivity index (χ0) is 11.7. The van der Waals surface area contributed by atoms with Crippen molar-refractivity contribution in [1.82, 2.24) is 0 Å². The largest absolute Gasteiger partial charge is 0.550 e. The van der Waals surface area contributed by atoms with Crippen LogP contribution in [0.15, 0.2) is 0 Å². The summed E-state index contributed by atoms with van der Waals surface area (Å²) in [6.07, 6.45) is 5.67. The van der Waals surface area contributed by atoms with Gasteiger partial charge < -0.3 is 14.4 Å². The van der Waals surface area contributed by atoms with Gasteiger partial charge in [0.25, 0.3) is 0 Å². The van der Waals surface area contributed by atoms with E-state index in [1.165, 1.54) is 56.3 Å². The fourth-order valence-electron chi connectivity index (χ4n) is 2.51. The van der Waals surface area contributed by atoms with E-state index >= 15 is 0 Å². The molecule has 0 aliphatic carbocycles.